The molecule has 1 heterocycles. The first-order valence-electron chi connectivity index (χ1n) is 6.86. The van der Waals surface area contributed by atoms with Gasteiger partial charge in [-0.15, -0.1) is 0 Å². The van der Waals surface area contributed by atoms with E-state index in [9.17, 15) is 5.11 Å². The molecule has 1 unspecified atom stereocenters. The first-order valence-corrected chi connectivity index (χ1v) is 6.86. The molecule has 1 aromatic rings. The Labute approximate surface area is 108 Å². The van der Waals surface area contributed by atoms with Crippen LogP contribution in [0.1, 0.15) is 44.6 Å². The number of rotatable bonds is 2. The maximum atomic E-state index is 9.42. The number of hydrogen-bond acceptors (Lipinski definition) is 3. The summed E-state index contributed by atoms with van der Waals surface area (Å²) in [5.74, 6) is 1.30. The van der Waals surface area contributed by atoms with E-state index in [4.69, 9.17) is 9.47 Å². The van der Waals surface area contributed by atoms with E-state index in [1.54, 1.807) is 6.92 Å². The lowest BCUT2D eigenvalue weighted by Crippen LogP contribution is -2.40. The third-order valence-corrected chi connectivity index (χ3v) is 3.75. The van der Waals surface area contributed by atoms with E-state index in [1.807, 2.05) is 18.2 Å². The van der Waals surface area contributed by atoms with Crippen LogP contribution in [0.15, 0.2) is 18.2 Å². The molecule has 3 nitrogen and oxygen atoms in total. The molecule has 18 heavy (non-hydrogen) atoms. The van der Waals surface area contributed by atoms with Gasteiger partial charge in [0.1, 0.15) is 0 Å². The van der Waals surface area contributed by atoms with Crippen LogP contribution in [0.2, 0.25) is 0 Å². The summed E-state index contributed by atoms with van der Waals surface area (Å²) < 4.78 is 12.1. The van der Waals surface area contributed by atoms with Crippen molar-refractivity contribution in [2.75, 3.05) is 0 Å². The minimum atomic E-state index is -0.399. The molecule has 98 valence electrons. The summed E-state index contributed by atoms with van der Waals surface area (Å²) in [6.07, 6.45) is 5.92. The number of aliphatic hydroxyl groups excluding tert-OH is 1. The van der Waals surface area contributed by atoms with Gasteiger partial charge in [-0.25, -0.2) is 0 Å². The SMILES string of the molecule is CC(O)Cc1ccc2c(c1)OC1(CCCCC1)O2. The van der Waals surface area contributed by atoms with Gasteiger partial charge in [-0.2, -0.15) is 0 Å². The zero-order valence-corrected chi connectivity index (χ0v) is 10.8. The fourth-order valence-electron chi connectivity index (χ4n) is 2.90. The fourth-order valence-corrected chi connectivity index (χ4v) is 2.90. The van der Waals surface area contributed by atoms with Crippen molar-refractivity contribution in [3.63, 3.8) is 0 Å². The quantitative estimate of drug-likeness (QED) is 0.874. The molecule has 1 saturated carbocycles. The highest BCUT2D eigenvalue weighted by atomic mass is 16.7. The molecule has 1 spiro atoms. The Kier molecular flexibility index (Phi) is 2.94. The zero-order valence-electron chi connectivity index (χ0n) is 10.8. The molecule has 1 aliphatic carbocycles. The van der Waals surface area contributed by atoms with Crippen LogP contribution in [0.4, 0.5) is 0 Å². The van der Waals surface area contributed by atoms with Gasteiger partial charge in [-0.1, -0.05) is 12.5 Å². The first kappa shape index (κ1) is 11.8. The van der Waals surface area contributed by atoms with Crippen molar-refractivity contribution in [1.82, 2.24) is 0 Å². The Morgan fingerprint density at radius 1 is 1.17 bits per heavy atom. The molecule has 1 N–H and O–H groups in total. The Bertz CT molecular complexity index is 433. The molecule has 0 saturated heterocycles. The lowest BCUT2D eigenvalue weighted by Gasteiger charge is -2.31. The summed E-state index contributed by atoms with van der Waals surface area (Å²) in [6, 6.07) is 5.98. The van der Waals surface area contributed by atoms with E-state index in [-0.39, 0.29) is 6.10 Å². The minimum Gasteiger partial charge on any atom is -0.448 e. The van der Waals surface area contributed by atoms with Crippen molar-refractivity contribution in [2.45, 2.75) is 57.3 Å². The van der Waals surface area contributed by atoms with Crippen LogP contribution in [0.25, 0.3) is 0 Å². The van der Waals surface area contributed by atoms with Crippen LogP contribution in [0.3, 0.4) is 0 Å². The van der Waals surface area contributed by atoms with Crippen LogP contribution in [-0.4, -0.2) is 17.0 Å². The number of fused-ring (bicyclic) bond motifs is 1. The van der Waals surface area contributed by atoms with Crippen molar-refractivity contribution in [2.24, 2.45) is 0 Å². The van der Waals surface area contributed by atoms with Crippen molar-refractivity contribution in [3.05, 3.63) is 23.8 Å². The van der Waals surface area contributed by atoms with Crippen LogP contribution < -0.4 is 9.47 Å². The van der Waals surface area contributed by atoms with Crippen LogP contribution >= 0.6 is 0 Å². The molecule has 0 aromatic heterocycles. The topological polar surface area (TPSA) is 38.7 Å². The van der Waals surface area contributed by atoms with Crippen LogP contribution in [-0.2, 0) is 6.42 Å². The van der Waals surface area contributed by atoms with Crippen molar-refractivity contribution in [1.29, 1.82) is 0 Å². The largest absolute Gasteiger partial charge is 0.448 e. The lowest BCUT2D eigenvalue weighted by molar-refractivity contribution is -0.105. The number of aliphatic hydroxyl groups is 1. The molecule has 0 amide bonds. The summed E-state index contributed by atoms with van der Waals surface area (Å²) in [5.41, 5.74) is 1.10. The Morgan fingerprint density at radius 2 is 1.89 bits per heavy atom. The highest BCUT2D eigenvalue weighted by Gasteiger charge is 2.42. The average Bonchev–Trinajstić information content (AvgIpc) is 2.66. The van der Waals surface area contributed by atoms with Gasteiger partial charge in [-0.05, 0) is 43.9 Å². The lowest BCUT2D eigenvalue weighted by atomic mass is 9.94. The summed E-state index contributed by atoms with van der Waals surface area (Å²) in [7, 11) is 0. The molecule has 0 radical (unpaired) electrons. The van der Waals surface area contributed by atoms with Gasteiger partial charge < -0.3 is 14.6 Å². The normalized spacial score (nSPS) is 22.1. The number of benzene rings is 1. The molecule has 1 fully saturated rings. The first-order chi connectivity index (χ1) is 8.67. The summed E-state index contributed by atoms with van der Waals surface area (Å²) in [4.78, 5) is 0. The fraction of sp³-hybridized carbons (Fsp3) is 0.600. The number of hydrogen-bond donors (Lipinski definition) is 1. The van der Waals surface area contributed by atoms with Gasteiger partial charge in [0.15, 0.2) is 11.5 Å². The number of ether oxygens (including phenoxy) is 2. The minimum absolute atomic E-state index is 0.325. The molecule has 1 atom stereocenters. The van der Waals surface area contributed by atoms with Crippen LogP contribution in [0.5, 0.6) is 11.5 Å². The third-order valence-electron chi connectivity index (χ3n) is 3.75. The summed E-state index contributed by atoms with van der Waals surface area (Å²) >= 11 is 0. The van der Waals surface area contributed by atoms with E-state index in [2.05, 4.69) is 0 Å². The monoisotopic (exact) mass is 248 g/mol. The second-order valence-corrected chi connectivity index (χ2v) is 5.51. The van der Waals surface area contributed by atoms with Crippen molar-refractivity contribution in [3.8, 4) is 11.5 Å². The van der Waals surface area contributed by atoms with E-state index in [0.717, 1.165) is 29.9 Å². The summed E-state index contributed by atoms with van der Waals surface area (Å²) in [6.45, 7) is 1.80. The molecule has 0 bridgehead atoms. The van der Waals surface area contributed by atoms with Gasteiger partial charge in [0.05, 0.1) is 6.10 Å². The Balaban J connectivity index is 1.80. The van der Waals surface area contributed by atoms with Crippen molar-refractivity contribution >= 4 is 0 Å². The zero-order chi connectivity index (χ0) is 12.6. The Hall–Kier alpha value is -1.22. The van der Waals surface area contributed by atoms with Gasteiger partial charge in [0.2, 0.25) is 0 Å². The maximum Gasteiger partial charge on any atom is 0.251 e. The standard InChI is InChI=1S/C15H20O3/c1-11(16)9-12-5-6-13-14(10-12)18-15(17-13)7-3-2-4-8-15/h5-6,10-11,16H,2-4,7-9H2,1H3. The van der Waals surface area contributed by atoms with E-state index >= 15 is 0 Å². The highest BCUT2D eigenvalue weighted by molar-refractivity contribution is 5.46. The summed E-state index contributed by atoms with van der Waals surface area (Å²) in [5, 5.41) is 9.42. The predicted molar refractivity (Wildman–Crippen MR) is 68.9 cm³/mol. The van der Waals surface area contributed by atoms with E-state index in [0.29, 0.717) is 6.42 Å². The highest BCUT2D eigenvalue weighted by Crippen LogP contribution is 2.45. The molecule has 2 aliphatic rings. The Morgan fingerprint density at radius 3 is 2.61 bits per heavy atom. The molecule has 1 aliphatic heterocycles. The van der Waals surface area contributed by atoms with Gasteiger partial charge in [-0.3, -0.25) is 0 Å². The molecular weight excluding hydrogens is 228 g/mol. The van der Waals surface area contributed by atoms with Crippen molar-refractivity contribution < 1.29 is 14.6 Å². The predicted octanol–water partition coefficient (Wildman–Crippen LogP) is 3.04. The second kappa shape index (κ2) is 4.47. The maximum absolute atomic E-state index is 9.42. The van der Waals surface area contributed by atoms with Crippen LogP contribution in [0, 0.1) is 0 Å². The van der Waals surface area contributed by atoms with Gasteiger partial charge >= 0.3 is 0 Å². The van der Waals surface area contributed by atoms with Gasteiger partial charge in [0.25, 0.3) is 5.79 Å². The third kappa shape index (κ3) is 2.19. The molecular formula is C15H20O3. The average molecular weight is 248 g/mol. The second-order valence-electron chi connectivity index (χ2n) is 5.51. The smallest absolute Gasteiger partial charge is 0.251 e. The van der Waals surface area contributed by atoms with Gasteiger partial charge in [0, 0.05) is 12.8 Å². The van der Waals surface area contributed by atoms with E-state index < -0.39 is 5.79 Å². The molecule has 3 heteroatoms. The van der Waals surface area contributed by atoms with E-state index in [1.165, 1.54) is 19.3 Å². The molecule has 3 rings (SSSR count). The molecule has 1 aromatic carbocycles.